The maximum Gasteiger partial charge on any atom is 0.285 e. The molecule has 0 saturated heterocycles. The highest BCUT2D eigenvalue weighted by molar-refractivity contribution is 5.73. The molecule has 0 amide bonds. The second-order valence-electron chi connectivity index (χ2n) is 7.88. The standard InChI is InChI=1S/C25H46N2O/c1-6-7-8-9-10-11-12-13-14-15-16-17-18-19-20-21-22-28-25(26-23(2)3)27-24(4)5/h7-8,10-11,13-14,23-24H,6,9,12,15-22H2,1-5H3,(H,26,27). The van der Waals surface area contributed by atoms with E-state index in [1.54, 1.807) is 0 Å². The van der Waals surface area contributed by atoms with Crippen LogP contribution >= 0.6 is 0 Å². The lowest BCUT2D eigenvalue weighted by Gasteiger charge is -2.15. The van der Waals surface area contributed by atoms with Crippen LogP contribution in [0.1, 0.15) is 98.8 Å². The van der Waals surface area contributed by atoms with Crippen LogP contribution in [0, 0.1) is 0 Å². The number of hydrogen-bond donors (Lipinski definition) is 1. The fourth-order valence-electron chi connectivity index (χ4n) is 2.66. The molecule has 0 radical (unpaired) electrons. The van der Waals surface area contributed by atoms with E-state index in [-0.39, 0.29) is 6.04 Å². The van der Waals surface area contributed by atoms with Crippen molar-refractivity contribution in [3.05, 3.63) is 36.5 Å². The Morgan fingerprint density at radius 2 is 1.36 bits per heavy atom. The zero-order valence-electron chi connectivity index (χ0n) is 19.3. The number of amidine groups is 1. The first-order valence-corrected chi connectivity index (χ1v) is 11.5. The Labute approximate surface area is 175 Å². The zero-order chi connectivity index (χ0) is 20.9. The number of nitrogens with zero attached hydrogens (tertiary/aromatic N) is 1. The van der Waals surface area contributed by atoms with E-state index in [9.17, 15) is 0 Å². The third-order valence-electron chi connectivity index (χ3n) is 4.07. The van der Waals surface area contributed by atoms with Gasteiger partial charge in [-0.3, -0.25) is 0 Å². The number of unbranched alkanes of at least 4 members (excludes halogenated alkanes) is 6. The topological polar surface area (TPSA) is 33.6 Å². The molecule has 0 aliphatic rings. The molecule has 3 heteroatoms. The molecule has 0 saturated carbocycles. The summed E-state index contributed by atoms with van der Waals surface area (Å²) in [5.74, 6) is 0. The second kappa shape index (κ2) is 20.2. The average molecular weight is 391 g/mol. The van der Waals surface area contributed by atoms with Crippen LogP contribution in [0.4, 0.5) is 0 Å². The lowest BCUT2D eigenvalue weighted by Crippen LogP contribution is -2.33. The molecule has 28 heavy (non-hydrogen) atoms. The molecule has 0 heterocycles. The minimum absolute atomic E-state index is 0.259. The molecule has 0 rings (SSSR count). The molecule has 0 aliphatic carbocycles. The van der Waals surface area contributed by atoms with E-state index in [1.807, 2.05) is 0 Å². The number of aliphatic imine (C=N–C) groups is 1. The first kappa shape index (κ1) is 26.5. The summed E-state index contributed by atoms with van der Waals surface area (Å²) in [5.41, 5.74) is 0. The summed E-state index contributed by atoms with van der Waals surface area (Å²) in [5, 5.41) is 3.28. The van der Waals surface area contributed by atoms with Crippen LogP contribution in [0.2, 0.25) is 0 Å². The fraction of sp³-hybridized carbons (Fsp3) is 0.720. The van der Waals surface area contributed by atoms with E-state index in [1.165, 1.54) is 38.5 Å². The molecule has 0 aliphatic heterocycles. The first-order chi connectivity index (χ1) is 13.6. The Kier molecular flexibility index (Phi) is 19.1. The van der Waals surface area contributed by atoms with Crippen molar-refractivity contribution >= 4 is 6.02 Å². The minimum atomic E-state index is 0.259. The monoisotopic (exact) mass is 390 g/mol. The van der Waals surface area contributed by atoms with Crippen molar-refractivity contribution in [1.82, 2.24) is 5.32 Å². The third-order valence-corrected chi connectivity index (χ3v) is 4.07. The maximum absolute atomic E-state index is 5.80. The molecule has 0 atom stereocenters. The molecule has 0 fully saturated rings. The van der Waals surface area contributed by atoms with Crippen LogP contribution in [0.15, 0.2) is 41.4 Å². The van der Waals surface area contributed by atoms with Gasteiger partial charge < -0.3 is 10.1 Å². The predicted molar refractivity (Wildman–Crippen MR) is 126 cm³/mol. The Bertz CT molecular complexity index is 447. The van der Waals surface area contributed by atoms with Crippen molar-refractivity contribution in [2.24, 2.45) is 4.99 Å². The van der Waals surface area contributed by atoms with E-state index in [0.717, 1.165) is 32.3 Å². The van der Waals surface area contributed by atoms with Crippen LogP contribution in [0.5, 0.6) is 0 Å². The second-order valence-corrected chi connectivity index (χ2v) is 7.88. The number of rotatable bonds is 16. The van der Waals surface area contributed by atoms with Gasteiger partial charge in [0.15, 0.2) is 0 Å². The lowest BCUT2D eigenvalue weighted by molar-refractivity contribution is 0.272. The van der Waals surface area contributed by atoms with Crippen LogP contribution in [0.3, 0.4) is 0 Å². The predicted octanol–water partition coefficient (Wildman–Crippen LogP) is 7.35. The molecule has 0 aromatic rings. The normalized spacial score (nSPS) is 13.0. The summed E-state index contributed by atoms with van der Waals surface area (Å²) in [6.07, 6.45) is 25.7. The maximum atomic E-state index is 5.80. The summed E-state index contributed by atoms with van der Waals surface area (Å²) in [7, 11) is 0. The van der Waals surface area contributed by atoms with E-state index >= 15 is 0 Å². The molecule has 0 aromatic carbocycles. The van der Waals surface area contributed by atoms with Crippen molar-refractivity contribution < 1.29 is 4.74 Å². The van der Waals surface area contributed by atoms with Gasteiger partial charge in [0.25, 0.3) is 6.02 Å². The van der Waals surface area contributed by atoms with E-state index < -0.39 is 0 Å². The number of hydrogen-bond acceptors (Lipinski definition) is 2. The Balaban J connectivity index is 3.52. The Hall–Kier alpha value is -1.51. The molecule has 0 aromatic heterocycles. The SMILES string of the molecule is CCC=CCC=CCC=CCCCCCCCCOC(=NC(C)C)NC(C)C. The van der Waals surface area contributed by atoms with Crippen molar-refractivity contribution in [2.75, 3.05) is 6.61 Å². The van der Waals surface area contributed by atoms with Gasteiger partial charge in [-0.25, -0.2) is 4.99 Å². The van der Waals surface area contributed by atoms with E-state index in [0.29, 0.717) is 12.1 Å². The van der Waals surface area contributed by atoms with Crippen molar-refractivity contribution in [2.45, 2.75) is 111 Å². The van der Waals surface area contributed by atoms with Crippen LogP contribution in [0.25, 0.3) is 0 Å². The smallest absolute Gasteiger partial charge is 0.285 e. The van der Waals surface area contributed by atoms with Gasteiger partial charge in [0.1, 0.15) is 0 Å². The molecule has 3 nitrogen and oxygen atoms in total. The molecule has 0 bridgehead atoms. The first-order valence-electron chi connectivity index (χ1n) is 11.5. The average Bonchev–Trinajstić information content (AvgIpc) is 2.63. The van der Waals surface area contributed by atoms with Crippen LogP contribution in [-0.2, 0) is 4.74 Å². The van der Waals surface area contributed by atoms with Gasteiger partial charge in [0, 0.05) is 12.1 Å². The summed E-state index contributed by atoms with van der Waals surface area (Å²) >= 11 is 0. The van der Waals surface area contributed by atoms with Crippen LogP contribution < -0.4 is 5.32 Å². The fourth-order valence-corrected chi connectivity index (χ4v) is 2.66. The zero-order valence-corrected chi connectivity index (χ0v) is 19.3. The van der Waals surface area contributed by atoms with Gasteiger partial charge in [-0.2, -0.15) is 0 Å². The Morgan fingerprint density at radius 1 is 0.786 bits per heavy atom. The van der Waals surface area contributed by atoms with Gasteiger partial charge in [-0.05, 0) is 66.2 Å². The van der Waals surface area contributed by atoms with Gasteiger partial charge in [-0.15, -0.1) is 0 Å². The summed E-state index contributed by atoms with van der Waals surface area (Å²) in [6.45, 7) is 11.3. The number of nitrogens with one attached hydrogen (secondary N) is 1. The summed E-state index contributed by atoms with van der Waals surface area (Å²) in [6, 6.07) is 1.31. The van der Waals surface area contributed by atoms with Gasteiger partial charge in [0.2, 0.25) is 0 Å². The van der Waals surface area contributed by atoms with Gasteiger partial charge in [0.05, 0.1) is 6.61 Å². The number of ether oxygens (including phenoxy) is 1. The quantitative estimate of drug-likeness (QED) is 0.129. The molecular formula is C25H46N2O. The molecule has 1 N–H and O–H groups in total. The summed E-state index contributed by atoms with van der Waals surface area (Å²) < 4.78 is 5.80. The lowest BCUT2D eigenvalue weighted by atomic mass is 10.1. The minimum Gasteiger partial charge on any atom is -0.465 e. The molecule has 0 unspecified atom stereocenters. The van der Waals surface area contributed by atoms with Crippen molar-refractivity contribution in [3.8, 4) is 0 Å². The largest absolute Gasteiger partial charge is 0.465 e. The highest BCUT2D eigenvalue weighted by Gasteiger charge is 2.03. The Morgan fingerprint density at radius 3 is 1.96 bits per heavy atom. The van der Waals surface area contributed by atoms with E-state index in [4.69, 9.17) is 4.74 Å². The summed E-state index contributed by atoms with van der Waals surface area (Å²) in [4.78, 5) is 4.50. The molecular weight excluding hydrogens is 344 g/mol. The van der Waals surface area contributed by atoms with Gasteiger partial charge >= 0.3 is 0 Å². The number of allylic oxidation sites excluding steroid dienone is 6. The highest BCUT2D eigenvalue weighted by atomic mass is 16.5. The van der Waals surface area contributed by atoms with Crippen LogP contribution in [-0.4, -0.2) is 24.7 Å². The van der Waals surface area contributed by atoms with Crippen molar-refractivity contribution in [3.63, 3.8) is 0 Å². The van der Waals surface area contributed by atoms with Gasteiger partial charge in [-0.1, -0.05) is 69.1 Å². The molecule has 162 valence electrons. The highest BCUT2D eigenvalue weighted by Crippen LogP contribution is 2.08. The van der Waals surface area contributed by atoms with E-state index in [2.05, 4.69) is 81.4 Å². The molecule has 0 spiro atoms. The third kappa shape index (κ3) is 20.8. The van der Waals surface area contributed by atoms with Crippen molar-refractivity contribution in [1.29, 1.82) is 0 Å².